The Morgan fingerprint density at radius 3 is 2.00 bits per heavy atom. The summed E-state index contributed by atoms with van der Waals surface area (Å²) >= 11 is 0. The van der Waals surface area contributed by atoms with Crippen molar-refractivity contribution in [3.63, 3.8) is 0 Å². The monoisotopic (exact) mass is 368 g/mol. The second-order valence-electron chi connectivity index (χ2n) is 6.60. The number of alkyl halides is 6. The minimum atomic E-state index is -5.86. The Kier molecular flexibility index (Phi) is 4.43. The number of nitrogens with zero attached hydrogens (tertiary/aromatic N) is 1. The number of anilines is 1. The molecule has 1 saturated heterocycles. The van der Waals surface area contributed by atoms with Crippen LogP contribution in [0.4, 0.5) is 32.0 Å². The fourth-order valence-electron chi connectivity index (χ4n) is 3.23. The first kappa shape index (κ1) is 18.3. The molecule has 1 aromatic rings. The number of piperazine rings is 1. The molecular weight excluding hydrogens is 350 g/mol. The highest BCUT2D eigenvalue weighted by Crippen LogP contribution is 2.50. The van der Waals surface area contributed by atoms with Gasteiger partial charge in [-0.3, -0.25) is 0 Å². The average molecular weight is 368 g/mol. The van der Waals surface area contributed by atoms with Crippen LogP contribution in [0.5, 0.6) is 0 Å². The number of benzene rings is 1. The molecule has 1 aliphatic heterocycles. The van der Waals surface area contributed by atoms with Gasteiger partial charge in [0, 0.05) is 36.9 Å². The van der Waals surface area contributed by atoms with Gasteiger partial charge < -0.3 is 15.3 Å². The zero-order chi connectivity index (χ0) is 18.5. The number of hydrogen-bond acceptors (Lipinski definition) is 3. The predicted octanol–water partition coefficient (Wildman–Crippen LogP) is 3.19. The highest BCUT2D eigenvalue weighted by Gasteiger charge is 2.71. The van der Waals surface area contributed by atoms with Crippen molar-refractivity contribution >= 4 is 5.69 Å². The maximum absolute atomic E-state index is 12.9. The van der Waals surface area contributed by atoms with Crippen LogP contribution < -0.4 is 10.2 Å². The summed E-state index contributed by atoms with van der Waals surface area (Å²) in [7, 11) is 0. The van der Waals surface area contributed by atoms with E-state index in [1.54, 1.807) is 0 Å². The van der Waals surface area contributed by atoms with Crippen LogP contribution in [0.2, 0.25) is 0 Å². The first-order valence-electron chi connectivity index (χ1n) is 7.99. The molecule has 1 saturated carbocycles. The molecule has 1 atom stereocenters. The Morgan fingerprint density at radius 1 is 0.960 bits per heavy atom. The number of aliphatic hydroxyl groups is 1. The molecule has 0 bridgehead atoms. The Bertz CT molecular complexity index is 595. The molecule has 1 aromatic carbocycles. The largest absolute Gasteiger partial charge is 0.430 e. The quantitative estimate of drug-likeness (QED) is 0.805. The van der Waals surface area contributed by atoms with Gasteiger partial charge in [0.25, 0.3) is 5.60 Å². The summed E-state index contributed by atoms with van der Waals surface area (Å²) in [5.41, 5.74) is -5.56. The van der Waals surface area contributed by atoms with Gasteiger partial charge >= 0.3 is 12.4 Å². The molecule has 0 radical (unpaired) electrons. The smallest absolute Gasteiger partial charge is 0.369 e. The van der Waals surface area contributed by atoms with Gasteiger partial charge in [0.2, 0.25) is 0 Å². The van der Waals surface area contributed by atoms with Crippen molar-refractivity contribution in [3.8, 4) is 0 Å². The Morgan fingerprint density at radius 2 is 1.52 bits per heavy atom. The lowest BCUT2D eigenvalue weighted by Crippen LogP contribution is -2.54. The lowest BCUT2D eigenvalue weighted by molar-refractivity contribution is -0.376. The summed E-state index contributed by atoms with van der Waals surface area (Å²) in [5.74, 6) is 0.586. The van der Waals surface area contributed by atoms with Gasteiger partial charge in [-0.05, 0) is 30.9 Å². The average Bonchev–Trinajstić information content (AvgIpc) is 3.37. The van der Waals surface area contributed by atoms with Crippen LogP contribution >= 0.6 is 0 Å². The molecule has 0 spiro atoms. The fraction of sp³-hybridized carbons (Fsp3) is 0.625. The SMILES string of the molecule is OC(c1ccc(N2CCNC(C3CC3)C2)cc1)(C(F)(F)F)C(F)(F)F. The van der Waals surface area contributed by atoms with E-state index in [0.29, 0.717) is 43.4 Å². The van der Waals surface area contributed by atoms with Crippen molar-refractivity contribution < 1.29 is 31.4 Å². The molecule has 1 aliphatic carbocycles. The fourth-order valence-corrected chi connectivity index (χ4v) is 3.23. The topological polar surface area (TPSA) is 35.5 Å². The van der Waals surface area contributed by atoms with E-state index < -0.39 is 23.5 Å². The van der Waals surface area contributed by atoms with Crippen LogP contribution in [0.25, 0.3) is 0 Å². The molecule has 3 nitrogen and oxygen atoms in total. The van der Waals surface area contributed by atoms with Gasteiger partial charge in [-0.15, -0.1) is 0 Å². The minimum Gasteiger partial charge on any atom is -0.369 e. The molecule has 9 heteroatoms. The first-order valence-corrected chi connectivity index (χ1v) is 7.99. The van der Waals surface area contributed by atoms with E-state index in [9.17, 15) is 31.4 Å². The molecule has 2 N–H and O–H groups in total. The number of nitrogens with one attached hydrogen (secondary N) is 1. The van der Waals surface area contributed by atoms with Gasteiger partial charge in [-0.1, -0.05) is 12.1 Å². The van der Waals surface area contributed by atoms with E-state index in [2.05, 4.69) is 5.32 Å². The second-order valence-corrected chi connectivity index (χ2v) is 6.60. The standard InChI is InChI=1S/C16H18F6N2O/c17-15(18,19)14(25,16(20,21)22)11-3-5-12(6-4-11)24-8-7-23-13(9-24)10-1-2-10/h3-6,10,13,23,25H,1-2,7-9H2. The van der Waals surface area contributed by atoms with Crippen molar-refractivity contribution in [2.75, 3.05) is 24.5 Å². The molecule has 2 fully saturated rings. The first-order chi connectivity index (χ1) is 11.5. The van der Waals surface area contributed by atoms with Gasteiger partial charge in [-0.25, -0.2) is 0 Å². The Balaban J connectivity index is 1.83. The second kappa shape index (κ2) is 6.05. The third-order valence-corrected chi connectivity index (χ3v) is 4.87. The van der Waals surface area contributed by atoms with Crippen molar-refractivity contribution in [2.24, 2.45) is 5.92 Å². The summed E-state index contributed by atoms with van der Waals surface area (Å²) in [4.78, 5) is 1.93. The van der Waals surface area contributed by atoms with E-state index in [0.717, 1.165) is 12.8 Å². The Hall–Kier alpha value is -1.48. The number of hydrogen-bond donors (Lipinski definition) is 2. The van der Waals surface area contributed by atoms with E-state index in [1.807, 2.05) is 4.90 Å². The van der Waals surface area contributed by atoms with Crippen LogP contribution in [0, 0.1) is 5.92 Å². The molecule has 2 aliphatic rings. The highest BCUT2D eigenvalue weighted by molar-refractivity contribution is 5.49. The van der Waals surface area contributed by atoms with Crippen LogP contribution in [0.15, 0.2) is 24.3 Å². The van der Waals surface area contributed by atoms with E-state index in [1.165, 1.54) is 12.1 Å². The molecular formula is C16H18F6N2O. The normalized spacial score (nSPS) is 23.0. The molecule has 140 valence electrons. The van der Waals surface area contributed by atoms with Crippen LogP contribution in [0.1, 0.15) is 18.4 Å². The summed E-state index contributed by atoms with van der Waals surface area (Å²) < 4.78 is 77.4. The van der Waals surface area contributed by atoms with Crippen LogP contribution in [-0.4, -0.2) is 43.1 Å². The van der Waals surface area contributed by atoms with Gasteiger partial charge in [-0.2, -0.15) is 26.3 Å². The zero-order valence-corrected chi connectivity index (χ0v) is 13.2. The predicted molar refractivity (Wildman–Crippen MR) is 79.2 cm³/mol. The maximum atomic E-state index is 12.9. The molecule has 25 heavy (non-hydrogen) atoms. The van der Waals surface area contributed by atoms with Gasteiger partial charge in [0.1, 0.15) is 0 Å². The highest BCUT2D eigenvalue weighted by atomic mass is 19.4. The zero-order valence-electron chi connectivity index (χ0n) is 13.2. The third-order valence-electron chi connectivity index (χ3n) is 4.87. The lowest BCUT2D eigenvalue weighted by Gasteiger charge is -2.36. The third kappa shape index (κ3) is 3.31. The molecule has 0 amide bonds. The number of halogens is 6. The Labute approximate surface area is 140 Å². The van der Waals surface area contributed by atoms with Crippen molar-refractivity contribution in [1.29, 1.82) is 0 Å². The van der Waals surface area contributed by atoms with Gasteiger partial charge in [0.05, 0.1) is 0 Å². The molecule has 1 unspecified atom stereocenters. The van der Waals surface area contributed by atoms with Crippen molar-refractivity contribution in [1.82, 2.24) is 5.32 Å². The minimum absolute atomic E-state index is 0.288. The summed E-state index contributed by atoms with van der Waals surface area (Å²) in [6.45, 7) is 1.98. The molecule has 1 heterocycles. The van der Waals surface area contributed by atoms with Crippen LogP contribution in [0.3, 0.4) is 0 Å². The maximum Gasteiger partial charge on any atom is 0.430 e. The number of rotatable bonds is 3. The van der Waals surface area contributed by atoms with E-state index in [-0.39, 0.29) is 6.04 Å². The molecule has 3 rings (SSSR count). The lowest BCUT2D eigenvalue weighted by atomic mass is 9.92. The van der Waals surface area contributed by atoms with Crippen LogP contribution in [-0.2, 0) is 5.60 Å². The van der Waals surface area contributed by atoms with E-state index >= 15 is 0 Å². The molecule has 0 aromatic heterocycles. The van der Waals surface area contributed by atoms with Crippen molar-refractivity contribution in [3.05, 3.63) is 29.8 Å². The van der Waals surface area contributed by atoms with Crippen molar-refractivity contribution in [2.45, 2.75) is 36.8 Å². The van der Waals surface area contributed by atoms with E-state index in [4.69, 9.17) is 0 Å². The summed E-state index contributed by atoms with van der Waals surface area (Å²) in [5, 5.41) is 12.8. The van der Waals surface area contributed by atoms with Gasteiger partial charge in [0.15, 0.2) is 0 Å². The summed E-state index contributed by atoms with van der Waals surface area (Å²) in [6, 6.07) is 4.09. The summed E-state index contributed by atoms with van der Waals surface area (Å²) in [6.07, 6.45) is -9.46.